The highest BCUT2D eigenvalue weighted by Crippen LogP contribution is 1.82. The lowest BCUT2D eigenvalue weighted by Gasteiger charge is -2.04. The van der Waals surface area contributed by atoms with E-state index in [1.165, 1.54) is 0 Å². The minimum Gasteiger partial charge on any atom is -0.338 e. The van der Waals surface area contributed by atoms with Gasteiger partial charge in [0.2, 0.25) is 0 Å². The van der Waals surface area contributed by atoms with E-state index in [-0.39, 0.29) is 6.03 Å². The first-order valence-corrected chi connectivity index (χ1v) is 4.20. The Kier molecular flexibility index (Phi) is 7.05. The van der Waals surface area contributed by atoms with Gasteiger partial charge in [-0.05, 0) is 12.8 Å². The second-order valence-corrected chi connectivity index (χ2v) is 2.44. The van der Waals surface area contributed by atoms with Gasteiger partial charge in [0.05, 0.1) is 6.07 Å². The van der Waals surface area contributed by atoms with Crippen LogP contribution in [0.1, 0.15) is 26.2 Å². The highest BCUT2D eigenvalue weighted by Gasteiger charge is 1.95. The van der Waals surface area contributed by atoms with Gasteiger partial charge < -0.3 is 10.6 Å². The highest BCUT2D eigenvalue weighted by atomic mass is 16.2. The van der Waals surface area contributed by atoms with Crippen LogP contribution in [0.2, 0.25) is 0 Å². The zero-order valence-corrected chi connectivity index (χ0v) is 7.39. The van der Waals surface area contributed by atoms with Gasteiger partial charge >= 0.3 is 6.03 Å². The van der Waals surface area contributed by atoms with Gasteiger partial charge in [0.25, 0.3) is 0 Å². The zero-order chi connectivity index (χ0) is 9.23. The fourth-order valence-electron chi connectivity index (χ4n) is 0.670. The summed E-state index contributed by atoms with van der Waals surface area (Å²) in [6, 6.07) is 1.87. The van der Waals surface area contributed by atoms with E-state index in [4.69, 9.17) is 5.26 Å². The second-order valence-electron chi connectivity index (χ2n) is 2.44. The van der Waals surface area contributed by atoms with Crippen molar-refractivity contribution in [3.05, 3.63) is 0 Å². The quantitative estimate of drug-likeness (QED) is 0.603. The molecule has 0 aromatic rings. The Hall–Kier alpha value is -1.24. The van der Waals surface area contributed by atoms with Crippen molar-refractivity contribution in [1.82, 2.24) is 10.6 Å². The monoisotopic (exact) mass is 169 g/mol. The summed E-state index contributed by atoms with van der Waals surface area (Å²) >= 11 is 0. The van der Waals surface area contributed by atoms with Crippen LogP contribution in [-0.4, -0.2) is 19.1 Å². The number of hydrogen-bond donors (Lipinski definition) is 2. The molecule has 0 fully saturated rings. The summed E-state index contributed by atoms with van der Waals surface area (Å²) in [6.07, 6.45) is 2.15. The third kappa shape index (κ3) is 6.87. The Morgan fingerprint density at radius 1 is 1.42 bits per heavy atom. The normalized spacial score (nSPS) is 8.67. The predicted molar refractivity (Wildman–Crippen MR) is 46.5 cm³/mol. The van der Waals surface area contributed by atoms with Gasteiger partial charge in [0, 0.05) is 19.5 Å². The van der Waals surface area contributed by atoms with Crippen LogP contribution >= 0.6 is 0 Å². The molecule has 4 nitrogen and oxygen atoms in total. The van der Waals surface area contributed by atoms with Crippen LogP contribution in [0.3, 0.4) is 0 Å². The summed E-state index contributed by atoms with van der Waals surface area (Å²) in [4.78, 5) is 10.9. The van der Waals surface area contributed by atoms with E-state index >= 15 is 0 Å². The number of carbonyl (C=O) groups is 1. The first kappa shape index (κ1) is 10.8. The molecule has 0 atom stereocenters. The van der Waals surface area contributed by atoms with Crippen molar-refractivity contribution < 1.29 is 4.79 Å². The molecular formula is C8H15N3O. The Balaban J connectivity index is 3.15. The molecule has 2 amide bonds. The van der Waals surface area contributed by atoms with E-state index in [2.05, 4.69) is 10.6 Å². The zero-order valence-electron chi connectivity index (χ0n) is 7.39. The molecule has 0 aliphatic rings. The van der Waals surface area contributed by atoms with Gasteiger partial charge in [0.1, 0.15) is 0 Å². The molecule has 4 heteroatoms. The van der Waals surface area contributed by atoms with Crippen LogP contribution in [-0.2, 0) is 0 Å². The van der Waals surface area contributed by atoms with Crippen molar-refractivity contribution >= 4 is 6.03 Å². The second kappa shape index (κ2) is 7.86. The maximum absolute atomic E-state index is 10.9. The van der Waals surface area contributed by atoms with Crippen molar-refractivity contribution in [2.45, 2.75) is 26.2 Å². The topological polar surface area (TPSA) is 64.9 Å². The number of unbranched alkanes of at least 4 members (excludes halogenated alkanes) is 1. The molecule has 68 valence electrons. The van der Waals surface area contributed by atoms with Gasteiger partial charge in [-0.2, -0.15) is 5.26 Å². The van der Waals surface area contributed by atoms with Crippen molar-refractivity contribution in [2.24, 2.45) is 0 Å². The van der Waals surface area contributed by atoms with Crippen LogP contribution in [0.5, 0.6) is 0 Å². The molecule has 0 rings (SSSR count). The summed E-state index contributed by atoms with van der Waals surface area (Å²) in [7, 11) is 0. The van der Waals surface area contributed by atoms with Crippen LogP contribution in [0.4, 0.5) is 4.79 Å². The van der Waals surface area contributed by atoms with Gasteiger partial charge in [-0.25, -0.2) is 4.79 Å². The number of rotatable bonds is 5. The lowest BCUT2D eigenvalue weighted by atomic mass is 10.3. The van der Waals surface area contributed by atoms with E-state index in [0.29, 0.717) is 19.5 Å². The highest BCUT2D eigenvalue weighted by molar-refractivity contribution is 5.73. The third-order valence-electron chi connectivity index (χ3n) is 1.29. The number of amides is 2. The van der Waals surface area contributed by atoms with Crippen molar-refractivity contribution in [3.8, 4) is 6.07 Å². The molecule has 0 saturated heterocycles. The maximum Gasteiger partial charge on any atom is 0.314 e. The number of nitriles is 1. The number of hydrogen-bond acceptors (Lipinski definition) is 2. The minimum absolute atomic E-state index is 0.144. The first-order valence-electron chi connectivity index (χ1n) is 4.20. The molecular weight excluding hydrogens is 154 g/mol. The number of urea groups is 1. The lowest BCUT2D eigenvalue weighted by Crippen LogP contribution is -2.36. The Morgan fingerprint density at radius 3 is 2.67 bits per heavy atom. The van der Waals surface area contributed by atoms with Crippen molar-refractivity contribution in [1.29, 1.82) is 5.26 Å². The Labute approximate surface area is 72.9 Å². The minimum atomic E-state index is -0.144. The molecule has 0 spiro atoms. The summed E-state index contributed by atoms with van der Waals surface area (Å²) in [5.41, 5.74) is 0. The fourth-order valence-corrected chi connectivity index (χ4v) is 0.670. The summed E-state index contributed by atoms with van der Waals surface area (Å²) < 4.78 is 0. The van der Waals surface area contributed by atoms with Gasteiger partial charge in [-0.1, -0.05) is 6.92 Å². The lowest BCUT2D eigenvalue weighted by molar-refractivity contribution is 0.241. The van der Waals surface area contributed by atoms with Crippen LogP contribution in [0.15, 0.2) is 0 Å². The maximum atomic E-state index is 10.9. The average molecular weight is 169 g/mol. The molecule has 0 aliphatic carbocycles. The Morgan fingerprint density at radius 2 is 2.08 bits per heavy atom. The molecule has 0 unspecified atom stereocenters. The molecule has 0 radical (unpaired) electrons. The predicted octanol–water partition coefficient (Wildman–Crippen LogP) is 0.999. The van der Waals surface area contributed by atoms with Gasteiger partial charge in [-0.3, -0.25) is 0 Å². The van der Waals surface area contributed by atoms with Gasteiger partial charge in [0.15, 0.2) is 0 Å². The van der Waals surface area contributed by atoms with E-state index in [1.54, 1.807) is 0 Å². The molecule has 12 heavy (non-hydrogen) atoms. The van der Waals surface area contributed by atoms with E-state index in [1.807, 2.05) is 13.0 Å². The summed E-state index contributed by atoms with van der Waals surface area (Å²) in [6.45, 7) is 3.27. The number of nitrogens with one attached hydrogen (secondary N) is 2. The summed E-state index contributed by atoms with van der Waals surface area (Å²) in [5.74, 6) is 0. The van der Waals surface area contributed by atoms with Crippen molar-refractivity contribution in [3.63, 3.8) is 0 Å². The number of nitrogens with zero attached hydrogens (tertiary/aromatic N) is 1. The van der Waals surface area contributed by atoms with Crippen LogP contribution < -0.4 is 10.6 Å². The van der Waals surface area contributed by atoms with E-state index in [9.17, 15) is 4.79 Å². The first-order chi connectivity index (χ1) is 5.81. The average Bonchev–Trinajstić information content (AvgIpc) is 2.09. The SMILES string of the molecule is CCCNC(=O)NCCCC#N. The summed E-state index contributed by atoms with van der Waals surface area (Å²) in [5, 5.41) is 13.5. The van der Waals surface area contributed by atoms with Gasteiger partial charge in [-0.15, -0.1) is 0 Å². The third-order valence-corrected chi connectivity index (χ3v) is 1.29. The molecule has 0 aromatic heterocycles. The molecule has 2 N–H and O–H groups in total. The molecule has 0 aliphatic heterocycles. The fraction of sp³-hybridized carbons (Fsp3) is 0.750. The van der Waals surface area contributed by atoms with E-state index < -0.39 is 0 Å². The molecule has 0 heterocycles. The Bertz CT molecular complexity index is 162. The largest absolute Gasteiger partial charge is 0.338 e. The molecule has 0 aromatic carbocycles. The molecule has 0 bridgehead atoms. The standard InChI is InChI=1S/C8H15N3O/c1-2-6-10-8(12)11-7-4-3-5-9/h2-4,6-7H2,1H3,(H2,10,11,12). The number of carbonyl (C=O) groups excluding carboxylic acids is 1. The van der Waals surface area contributed by atoms with Crippen LogP contribution in [0.25, 0.3) is 0 Å². The molecule has 0 saturated carbocycles. The van der Waals surface area contributed by atoms with Crippen LogP contribution in [0, 0.1) is 11.3 Å². The van der Waals surface area contributed by atoms with Crippen molar-refractivity contribution in [2.75, 3.05) is 13.1 Å². The van der Waals surface area contributed by atoms with E-state index in [0.717, 1.165) is 12.8 Å². The smallest absolute Gasteiger partial charge is 0.314 e.